The summed E-state index contributed by atoms with van der Waals surface area (Å²) in [5.41, 5.74) is 0. The highest BCUT2D eigenvalue weighted by atomic mass is 32.2. The van der Waals surface area contributed by atoms with Gasteiger partial charge >= 0.3 is 0 Å². The number of carbonyl (C=O) groups excluding carboxylic acids is 4. The lowest BCUT2D eigenvalue weighted by Crippen LogP contribution is -2.51. The molecule has 10 heteroatoms. The zero-order chi connectivity index (χ0) is 33.9. The number of unbranched alkanes of at least 4 members (excludes halogenated alkanes) is 6. The molecule has 0 aromatic heterocycles. The molecule has 1 saturated carbocycles. The summed E-state index contributed by atoms with van der Waals surface area (Å²) in [6.07, 6.45) is 20.9. The molecule has 266 valence electrons. The Morgan fingerprint density at radius 2 is 1.70 bits per heavy atom. The lowest BCUT2D eigenvalue weighted by Gasteiger charge is -2.40. The van der Waals surface area contributed by atoms with E-state index < -0.39 is 12.2 Å². The summed E-state index contributed by atoms with van der Waals surface area (Å²) in [6, 6.07) is 0.308. The molecule has 3 aliphatic rings. The van der Waals surface area contributed by atoms with E-state index in [1.165, 1.54) is 0 Å². The predicted octanol–water partition coefficient (Wildman–Crippen LogP) is 5.14. The normalized spacial score (nSPS) is 26.5. The molecule has 2 bridgehead atoms. The number of ketones is 1. The Hall–Kier alpha value is -2.17. The van der Waals surface area contributed by atoms with Crippen molar-refractivity contribution in [3.8, 4) is 0 Å². The van der Waals surface area contributed by atoms with Crippen LogP contribution in [0, 0.1) is 17.8 Å². The molecule has 3 amide bonds. The average Bonchev–Trinajstić information content (AvgIpc) is 3.31. The fraction of sp³-hybridized carbons (Fsp3) is 0.784. The Morgan fingerprint density at radius 1 is 0.957 bits per heavy atom. The van der Waals surface area contributed by atoms with Crippen molar-refractivity contribution in [2.45, 2.75) is 146 Å². The Labute approximate surface area is 286 Å². The topological polar surface area (TPSA) is 145 Å². The second-order valence-electron chi connectivity index (χ2n) is 13.8. The molecule has 0 radical (unpaired) electrons. The zero-order valence-electron chi connectivity index (χ0n) is 28.6. The summed E-state index contributed by atoms with van der Waals surface area (Å²) in [4.78, 5) is 48.6. The minimum atomic E-state index is -0.693. The second kappa shape index (κ2) is 22.5. The van der Waals surface area contributed by atoms with Crippen LogP contribution in [0.3, 0.4) is 0 Å². The fourth-order valence-electron chi connectivity index (χ4n) is 6.98. The zero-order valence-corrected chi connectivity index (χ0v) is 29.5. The van der Waals surface area contributed by atoms with Crippen molar-refractivity contribution in [3.63, 3.8) is 0 Å². The van der Waals surface area contributed by atoms with Gasteiger partial charge in [0.25, 0.3) is 0 Å². The maximum atomic E-state index is 12.4. The van der Waals surface area contributed by atoms with Gasteiger partial charge in [-0.25, -0.2) is 0 Å². The van der Waals surface area contributed by atoms with Crippen molar-refractivity contribution in [2.75, 3.05) is 18.8 Å². The largest absolute Gasteiger partial charge is 0.392 e. The summed E-state index contributed by atoms with van der Waals surface area (Å²) >= 11 is 1.99. The molecule has 3 rings (SSSR count). The number of aliphatic hydroxyl groups is 2. The van der Waals surface area contributed by atoms with Gasteiger partial charge in [-0.05, 0) is 75.9 Å². The predicted molar refractivity (Wildman–Crippen MR) is 189 cm³/mol. The Bertz CT molecular complexity index is 1040. The van der Waals surface area contributed by atoms with Crippen molar-refractivity contribution in [1.82, 2.24) is 16.0 Å². The second-order valence-corrected chi connectivity index (χ2v) is 15.1. The molecule has 9 nitrogen and oxygen atoms in total. The number of thioether (sulfide) groups is 1. The van der Waals surface area contributed by atoms with E-state index in [-0.39, 0.29) is 41.8 Å². The number of rotatable bonds is 23. The number of hydrogen-bond acceptors (Lipinski definition) is 7. The highest BCUT2D eigenvalue weighted by molar-refractivity contribution is 8.00. The first kappa shape index (κ1) is 39.3. The van der Waals surface area contributed by atoms with E-state index >= 15 is 0 Å². The molecular weight excluding hydrogens is 614 g/mol. The van der Waals surface area contributed by atoms with Gasteiger partial charge in [-0.3, -0.25) is 19.2 Å². The molecule has 2 heterocycles. The monoisotopic (exact) mass is 675 g/mol. The molecule has 5 N–H and O–H groups in total. The number of fused-ring (bicyclic) bond motifs is 2. The highest BCUT2D eigenvalue weighted by Crippen LogP contribution is 2.37. The molecule has 3 fully saturated rings. The van der Waals surface area contributed by atoms with Crippen LogP contribution in [-0.2, 0) is 19.2 Å². The van der Waals surface area contributed by atoms with Crippen LogP contribution in [0.5, 0.6) is 0 Å². The molecule has 0 aromatic carbocycles. The van der Waals surface area contributed by atoms with Crippen LogP contribution in [0.2, 0.25) is 0 Å². The third kappa shape index (κ3) is 15.3. The number of hydrogen-bond donors (Lipinski definition) is 5. The minimum Gasteiger partial charge on any atom is -0.392 e. The van der Waals surface area contributed by atoms with Gasteiger partial charge in [0.2, 0.25) is 17.7 Å². The molecular formula is C37H61N3O6S. The van der Waals surface area contributed by atoms with Crippen LogP contribution in [0.4, 0.5) is 0 Å². The van der Waals surface area contributed by atoms with Gasteiger partial charge in [-0.15, -0.1) is 0 Å². The van der Waals surface area contributed by atoms with Gasteiger partial charge in [0.1, 0.15) is 5.78 Å². The Kier molecular flexibility index (Phi) is 18.8. The summed E-state index contributed by atoms with van der Waals surface area (Å²) in [6.45, 7) is 3.42. The minimum absolute atomic E-state index is 0.0424. The number of aliphatic hydroxyl groups excluding tert-OH is 2. The van der Waals surface area contributed by atoms with Gasteiger partial charge in [0.05, 0.1) is 12.2 Å². The molecule has 47 heavy (non-hydrogen) atoms. The number of carbonyl (C=O) groups is 4. The molecule has 7 atom stereocenters. The average molecular weight is 676 g/mol. The van der Waals surface area contributed by atoms with Crippen molar-refractivity contribution in [3.05, 3.63) is 24.3 Å². The summed E-state index contributed by atoms with van der Waals surface area (Å²) < 4.78 is 0. The number of piperidine rings is 1. The molecule has 0 spiro atoms. The SMILES string of the molecule is CCCCC[C@H](O)/C=C/[C@H]1[C@H](O)CC(=O)[C@@H]1C/C=C\CCCC(=O)NCCCCCNC(=O)CCCCC1SC[C@@H]2CC(=O)N[C@H]1C2. The number of Topliss-reactive ketones (excluding diaryl/α,β-unsaturated/α-hetero) is 1. The fourth-order valence-corrected chi connectivity index (χ4v) is 8.49. The highest BCUT2D eigenvalue weighted by Gasteiger charge is 2.39. The first-order chi connectivity index (χ1) is 22.8. The van der Waals surface area contributed by atoms with E-state index in [4.69, 9.17) is 0 Å². The van der Waals surface area contributed by atoms with Crippen molar-refractivity contribution in [1.29, 1.82) is 0 Å². The van der Waals surface area contributed by atoms with Crippen LogP contribution >= 0.6 is 11.8 Å². The van der Waals surface area contributed by atoms with Gasteiger partial charge in [-0.1, -0.05) is 56.9 Å². The van der Waals surface area contributed by atoms with E-state index in [2.05, 4.69) is 22.9 Å². The number of amides is 3. The third-order valence-corrected chi connectivity index (χ3v) is 11.4. The molecule has 0 aromatic rings. The van der Waals surface area contributed by atoms with Crippen LogP contribution in [0.1, 0.15) is 122 Å². The molecule has 2 aliphatic heterocycles. The Balaban J connectivity index is 1.13. The lowest BCUT2D eigenvalue weighted by molar-refractivity contribution is -0.125. The molecule has 1 unspecified atom stereocenters. The smallest absolute Gasteiger partial charge is 0.220 e. The van der Waals surface area contributed by atoms with E-state index in [9.17, 15) is 29.4 Å². The van der Waals surface area contributed by atoms with E-state index in [0.29, 0.717) is 62.4 Å². The standard InChI is InChI=1S/C37H61N3O6S/c1-2-3-7-14-28(41)19-20-30-29(32(42)25-33(30)43)15-8-4-5-9-17-35(44)38-21-12-6-13-22-39-36(45)18-11-10-16-34-31-23-27(26-47-34)24-37(46)40-31/h4,8,19-20,27-31,33-34,41,43H,2-3,5-7,9-18,21-26H2,1H3,(H,38,44)(H,39,45)(H,40,46)/b8-4-,20-19+/t27-,28-,29+,30+,31-,33+,34?/m0/s1. The van der Waals surface area contributed by atoms with E-state index in [1.807, 2.05) is 30.0 Å². The lowest BCUT2D eigenvalue weighted by atomic mass is 9.89. The van der Waals surface area contributed by atoms with Crippen LogP contribution in [0.15, 0.2) is 24.3 Å². The van der Waals surface area contributed by atoms with Crippen molar-refractivity contribution in [2.24, 2.45) is 17.8 Å². The van der Waals surface area contributed by atoms with Gasteiger partial charge in [-0.2, -0.15) is 11.8 Å². The number of allylic oxidation sites excluding steroid dienone is 2. The molecule has 1 aliphatic carbocycles. The quantitative estimate of drug-likeness (QED) is 0.0745. The maximum absolute atomic E-state index is 12.4. The molecule has 2 saturated heterocycles. The van der Waals surface area contributed by atoms with Crippen LogP contribution in [-0.4, -0.2) is 76.1 Å². The van der Waals surface area contributed by atoms with Gasteiger partial charge < -0.3 is 26.2 Å². The first-order valence-electron chi connectivity index (χ1n) is 18.4. The van der Waals surface area contributed by atoms with E-state index in [1.54, 1.807) is 6.08 Å². The first-order valence-corrected chi connectivity index (χ1v) is 19.5. The van der Waals surface area contributed by atoms with Crippen molar-refractivity contribution >= 4 is 35.3 Å². The summed E-state index contributed by atoms with van der Waals surface area (Å²) in [5.74, 6) is 1.52. The van der Waals surface area contributed by atoms with Gasteiger partial charge in [0.15, 0.2) is 0 Å². The maximum Gasteiger partial charge on any atom is 0.220 e. The Morgan fingerprint density at radius 3 is 2.45 bits per heavy atom. The third-order valence-electron chi connectivity index (χ3n) is 9.77. The van der Waals surface area contributed by atoms with Crippen LogP contribution in [0.25, 0.3) is 0 Å². The summed E-state index contributed by atoms with van der Waals surface area (Å²) in [7, 11) is 0. The van der Waals surface area contributed by atoms with E-state index in [0.717, 1.165) is 82.8 Å². The van der Waals surface area contributed by atoms with Crippen LogP contribution < -0.4 is 16.0 Å². The summed E-state index contributed by atoms with van der Waals surface area (Å²) in [5, 5.41) is 30.2. The number of nitrogens with one attached hydrogen (secondary N) is 3. The van der Waals surface area contributed by atoms with Crippen molar-refractivity contribution < 1.29 is 29.4 Å². The van der Waals surface area contributed by atoms with Gasteiger partial charge in [0, 0.05) is 61.9 Å².